The average molecular weight is 207 g/mol. The van der Waals surface area contributed by atoms with Crippen LogP contribution >= 0.6 is 0 Å². The highest BCUT2D eigenvalue weighted by molar-refractivity contribution is 5.37. The zero-order valence-electron chi connectivity index (χ0n) is 8.94. The molecule has 15 heavy (non-hydrogen) atoms. The predicted molar refractivity (Wildman–Crippen MR) is 59.0 cm³/mol. The lowest BCUT2D eigenvalue weighted by molar-refractivity contribution is 0.177. The number of fused-ring (bicyclic) bond motifs is 1. The fourth-order valence-corrected chi connectivity index (χ4v) is 1.87. The van der Waals surface area contributed by atoms with Crippen molar-refractivity contribution in [1.29, 1.82) is 0 Å². The smallest absolute Gasteiger partial charge is 0.124 e. The molecule has 1 aliphatic heterocycles. The normalized spacial score (nSPS) is 21.6. The van der Waals surface area contributed by atoms with E-state index in [2.05, 4.69) is 11.4 Å². The topological polar surface area (TPSA) is 41.5 Å². The van der Waals surface area contributed by atoms with Crippen LogP contribution in [-0.4, -0.2) is 24.4 Å². The van der Waals surface area contributed by atoms with E-state index in [0.29, 0.717) is 12.6 Å². The predicted octanol–water partition coefficient (Wildman–Crippen LogP) is 1.48. The van der Waals surface area contributed by atoms with Crippen molar-refractivity contribution in [3.8, 4) is 5.75 Å². The first-order valence-electron chi connectivity index (χ1n) is 5.40. The molecular formula is C12H17NO2. The molecule has 1 aromatic rings. The lowest BCUT2D eigenvalue weighted by Gasteiger charge is -2.27. The second kappa shape index (κ2) is 4.64. The third-order valence-corrected chi connectivity index (χ3v) is 2.62. The van der Waals surface area contributed by atoms with Crippen LogP contribution in [-0.2, 0) is 0 Å². The molecule has 3 nitrogen and oxygen atoms in total. The van der Waals surface area contributed by atoms with Crippen LogP contribution in [0, 0.1) is 0 Å². The van der Waals surface area contributed by atoms with Gasteiger partial charge in [0.15, 0.2) is 0 Å². The van der Waals surface area contributed by atoms with Crippen molar-refractivity contribution in [1.82, 2.24) is 5.32 Å². The van der Waals surface area contributed by atoms with E-state index in [1.807, 2.05) is 18.2 Å². The Labute approximate surface area is 90.1 Å². The standard InChI is InChI=1S/C12H17NO2/c1-9(14)8-13-11-6-7-15-12-5-3-2-4-10(11)12/h2-5,9,11,13-14H,6-8H2,1H3/t9-,11?/m0/s1. The number of hydrogen-bond acceptors (Lipinski definition) is 3. The largest absolute Gasteiger partial charge is 0.493 e. The van der Waals surface area contributed by atoms with E-state index < -0.39 is 0 Å². The molecule has 0 radical (unpaired) electrons. The molecular weight excluding hydrogens is 190 g/mol. The van der Waals surface area contributed by atoms with Crippen molar-refractivity contribution < 1.29 is 9.84 Å². The molecule has 2 rings (SSSR count). The molecule has 0 aromatic heterocycles. The van der Waals surface area contributed by atoms with Crippen molar-refractivity contribution in [3.63, 3.8) is 0 Å². The quantitative estimate of drug-likeness (QED) is 0.789. The lowest BCUT2D eigenvalue weighted by atomic mass is 10.0. The van der Waals surface area contributed by atoms with Crippen LogP contribution in [0.1, 0.15) is 24.9 Å². The molecule has 0 aliphatic carbocycles. The Balaban J connectivity index is 2.08. The van der Waals surface area contributed by atoms with Crippen LogP contribution in [0.25, 0.3) is 0 Å². The van der Waals surface area contributed by atoms with Gasteiger partial charge in [0, 0.05) is 24.6 Å². The number of aliphatic hydroxyl groups excluding tert-OH is 1. The van der Waals surface area contributed by atoms with Crippen LogP contribution in [0.4, 0.5) is 0 Å². The van der Waals surface area contributed by atoms with E-state index in [0.717, 1.165) is 18.8 Å². The number of para-hydroxylation sites is 1. The Hall–Kier alpha value is -1.06. The maximum atomic E-state index is 9.24. The highest BCUT2D eigenvalue weighted by Gasteiger charge is 2.20. The van der Waals surface area contributed by atoms with Gasteiger partial charge in [-0.05, 0) is 13.0 Å². The number of hydrogen-bond donors (Lipinski definition) is 2. The molecule has 2 atom stereocenters. The van der Waals surface area contributed by atoms with Crippen LogP contribution in [0.15, 0.2) is 24.3 Å². The first-order valence-corrected chi connectivity index (χ1v) is 5.40. The first kappa shape index (κ1) is 10.5. The minimum Gasteiger partial charge on any atom is -0.493 e. The van der Waals surface area contributed by atoms with Gasteiger partial charge in [-0.15, -0.1) is 0 Å². The Morgan fingerprint density at radius 3 is 3.13 bits per heavy atom. The monoisotopic (exact) mass is 207 g/mol. The summed E-state index contributed by atoms with van der Waals surface area (Å²) in [6.07, 6.45) is 0.656. The van der Waals surface area contributed by atoms with Gasteiger partial charge < -0.3 is 15.2 Å². The summed E-state index contributed by atoms with van der Waals surface area (Å²) in [5, 5.41) is 12.6. The zero-order chi connectivity index (χ0) is 10.7. The summed E-state index contributed by atoms with van der Waals surface area (Å²) >= 11 is 0. The van der Waals surface area contributed by atoms with Gasteiger partial charge in [-0.3, -0.25) is 0 Å². The number of ether oxygens (including phenoxy) is 1. The molecule has 1 aromatic carbocycles. The fraction of sp³-hybridized carbons (Fsp3) is 0.500. The Bertz CT molecular complexity index is 325. The Morgan fingerprint density at radius 2 is 2.33 bits per heavy atom. The van der Waals surface area contributed by atoms with Crippen molar-refractivity contribution in [3.05, 3.63) is 29.8 Å². The lowest BCUT2D eigenvalue weighted by Crippen LogP contribution is -2.32. The van der Waals surface area contributed by atoms with Crippen molar-refractivity contribution in [2.24, 2.45) is 0 Å². The van der Waals surface area contributed by atoms with Gasteiger partial charge in [-0.2, -0.15) is 0 Å². The molecule has 1 aliphatic rings. The van der Waals surface area contributed by atoms with Gasteiger partial charge in [-0.1, -0.05) is 18.2 Å². The van der Waals surface area contributed by atoms with Crippen LogP contribution in [0.5, 0.6) is 5.75 Å². The van der Waals surface area contributed by atoms with Crippen molar-refractivity contribution in [2.75, 3.05) is 13.2 Å². The van der Waals surface area contributed by atoms with E-state index in [1.165, 1.54) is 5.56 Å². The molecule has 0 saturated heterocycles. The van der Waals surface area contributed by atoms with Crippen LogP contribution in [0.2, 0.25) is 0 Å². The first-order chi connectivity index (χ1) is 7.27. The third kappa shape index (κ3) is 2.49. The van der Waals surface area contributed by atoms with Crippen LogP contribution in [0.3, 0.4) is 0 Å². The van der Waals surface area contributed by atoms with Gasteiger partial charge in [0.1, 0.15) is 5.75 Å². The van der Waals surface area contributed by atoms with Crippen molar-refractivity contribution >= 4 is 0 Å². The molecule has 2 N–H and O–H groups in total. The fourth-order valence-electron chi connectivity index (χ4n) is 1.87. The van der Waals surface area contributed by atoms with Gasteiger partial charge in [0.05, 0.1) is 12.7 Å². The van der Waals surface area contributed by atoms with Gasteiger partial charge >= 0.3 is 0 Å². The van der Waals surface area contributed by atoms with E-state index >= 15 is 0 Å². The van der Waals surface area contributed by atoms with E-state index in [4.69, 9.17) is 4.74 Å². The summed E-state index contributed by atoms with van der Waals surface area (Å²) in [6, 6.07) is 8.38. The Morgan fingerprint density at radius 1 is 1.53 bits per heavy atom. The van der Waals surface area contributed by atoms with Gasteiger partial charge in [0.25, 0.3) is 0 Å². The zero-order valence-corrected chi connectivity index (χ0v) is 8.94. The maximum Gasteiger partial charge on any atom is 0.124 e. The molecule has 1 unspecified atom stereocenters. The highest BCUT2D eigenvalue weighted by atomic mass is 16.5. The van der Waals surface area contributed by atoms with Crippen LogP contribution < -0.4 is 10.1 Å². The van der Waals surface area contributed by atoms with Crippen molar-refractivity contribution in [2.45, 2.75) is 25.5 Å². The second-order valence-electron chi connectivity index (χ2n) is 3.98. The van der Waals surface area contributed by atoms with E-state index in [1.54, 1.807) is 6.92 Å². The maximum absolute atomic E-state index is 9.24. The molecule has 0 amide bonds. The molecule has 0 bridgehead atoms. The minimum atomic E-state index is -0.306. The van der Waals surface area contributed by atoms with Gasteiger partial charge in [0.2, 0.25) is 0 Å². The number of benzene rings is 1. The third-order valence-electron chi connectivity index (χ3n) is 2.62. The Kier molecular flexibility index (Phi) is 3.23. The molecule has 0 fully saturated rings. The number of aliphatic hydroxyl groups is 1. The molecule has 0 spiro atoms. The summed E-state index contributed by atoms with van der Waals surface area (Å²) < 4.78 is 5.56. The summed E-state index contributed by atoms with van der Waals surface area (Å²) in [6.45, 7) is 3.16. The molecule has 3 heteroatoms. The summed E-state index contributed by atoms with van der Waals surface area (Å²) in [5.74, 6) is 0.965. The molecule has 82 valence electrons. The average Bonchev–Trinajstić information content (AvgIpc) is 2.26. The minimum absolute atomic E-state index is 0.306. The highest BCUT2D eigenvalue weighted by Crippen LogP contribution is 2.31. The summed E-state index contributed by atoms with van der Waals surface area (Å²) in [7, 11) is 0. The number of nitrogens with one attached hydrogen (secondary N) is 1. The van der Waals surface area contributed by atoms with Gasteiger partial charge in [-0.25, -0.2) is 0 Å². The number of rotatable bonds is 3. The summed E-state index contributed by atoms with van der Waals surface area (Å²) in [5.41, 5.74) is 1.20. The molecule has 0 saturated carbocycles. The molecule has 1 heterocycles. The second-order valence-corrected chi connectivity index (χ2v) is 3.98. The SMILES string of the molecule is C[C@H](O)CNC1CCOc2ccccc21. The van der Waals surface area contributed by atoms with E-state index in [9.17, 15) is 5.11 Å². The summed E-state index contributed by atoms with van der Waals surface area (Å²) in [4.78, 5) is 0. The van der Waals surface area contributed by atoms with E-state index in [-0.39, 0.29) is 6.10 Å².